The average molecular weight is 186 g/mol. The summed E-state index contributed by atoms with van der Waals surface area (Å²) >= 11 is 0. The van der Waals surface area contributed by atoms with Gasteiger partial charge in [-0.3, -0.25) is 0 Å². The van der Waals surface area contributed by atoms with E-state index in [9.17, 15) is 5.11 Å². The van der Waals surface area contributed by atoms with Crippen LogP contribution < -0.4 is 0 Å². The Morgan fingerprint density at radius 1 is 1.31 bits per heavy atom. The smallest absolute Gasteiger partial charge is 0.0482 e. The lowest BCUT2D eigenvalue weighted by molar-refractivity contribution is -0.00819. The average Bonchev–Trinajstić information content (AvgIpc) is 2.04. The molecular formula is C11H22O2. The standard InChI is InChI=1S/C11H22O2/c1-10(2,9-12)8-11(3)4-6-13-7-5-11/h12H,4-9H2,1-3H3. The van der Waals surface area contributed by atoms with Crippen molar-refractivity contribution >= 4 is 0 Å². The van der Waals surface area contributed by atoms with Gasteiger partial charge in [0, 0.05) is 19.8 Å². The molecule has 1 rings (SSSR count). The lowest BCUT2D eigenvalue weighted by atomic mass is 9.70. The Balaban J connectivity index is 2.49. The quantitative estimate of drug-likeness (QED) is 0.732. The van der Waals surface area contributed by atoms with Gasteiger partial charge in [-0.15, -0.1) is 0 Å². The van der Waals surface area contributed by atoms with Crippen molar-refractivity contribution in [3.8, 4) is 0 Å². The molecule has 0 aliphatic carbocycles. The lowest BCUT2D eigenvalue weighted by Gasteiger charge is -2.39. The molecular weight excluding hydrogens is 164 g/mol. The minimum Gasteiger partial charge on any atom is -0.396 e. The Kier molecular flexibility index (Phi) is 3.36. The van der Waals surface area contributed by atoms with Crippen LogP contribution in [0.2, 0.25) is 0 Å². The van der Waals surface area contributed by atoms with Crippen LogP contribution in [-0.4, -0.2) is 24.9 Å². The van der Waals surface area contributed by atoms with Crippen LogP contribution in [0.25, 0.3) is 0 Å². The molecule has 1 aliphatic rings. The van der Waals surface area contributed by atoms with E-state index in [-0.39, 0.29) is 12.0 Å². The van der Waals surface area contributed by atoms with E-state index in [1.807, 2.05) is 0 Å². The minimum atomic E-state index is 0.0616. The van der Waals surface area contributed by atoms with Gasteiger partial charge in [-0.1, -0.05) is 20.8 Å². The van der Waals surface area contributed by atoms with Gasteiger partial charge in [0.15, 0.2) is 0 Å². The number of aliphatic hydroxyl groups is 1. The van der Waals surface area contributed by atoms with Gasteiger partial charge in [0.2, 0.25) is 0 Å². The van der Waals surface area contributed by atoms with E-state index >= 15 is 0 Å². The largest absolute Gasteiger partial charge is 0.396 e. The fourth-order valence-electron chi connectivity index (χ4n) is 2.25. The van der Waals surface area contributed by atoms with Crippen LogP contribution in [0, 0.1) is 10.8 Å². The molecule has 0 aromatic heterocycles. The maximum absolute atomic E-state index is 9.21. The van der Waals surface area contributed by atoms with Crippen LogP contribution in [-0.2, 0) is 4.74 Å². The van der Waals surface area contributed by atoms with Crippen LogP contribution in [0.3, 0.4) is 0 Å². The summed E-state index contributed by atoms with van der Waals surface area (Å²) in [6.45, 7) is 8.63. The molecule has 0 saturated carbocycles. The van der Waals surface area contributed by atoms with E-state index in [4.69, 9.17) is 4.74 Å². The summed E-state index contributed by atoms with van der Waals surface area (Å²) in [6, 6.07) is 0. The molecule has 1 fully saturated rings. The maximum atomic E-state index is 9.21. The first-order valence-electron chi connectivity index (χ1n) is 5.16. The molecule has 0 atom stereocenters. The molecule has 2 nitrogen and oxygen atoms in total. The van der Waals surface area contributed by atoms with Crippen molar-refractivity contribution in [1.82, 2.24) is 0 Å². The number of ether oxygens (including phenoxy) is 1. The summed E-state index contributed by atoms with van der Waals surface area (Å²) in [7, 11) is 0. The molecule has 1 heterocycles. The van der Waals surface area contributed by atoms with E-state index in [2.05, 4.69) is 20.8 Å². The molecule has 2 heteroatoms. The minimum absolute atomic E-state index is 0.0616. The Hall–Kier alpha value is -0.0800. The highest BCUT2D eigenvalue weighted by Gasteiger charge is 2.33. The van der Waals surface area contributed by atoms with Crippen molar-refractivity contribution in [1.29, 1.82) is 0 Å². The van der Waals surface area contributed by atoms with Gasteiger partial charge >= 0.3 is 0 Å². The van der Waals surface area contributed by atoms with Crippen molar-refractivity contribution in [2.24, 2.45) is 10.8 Å². The molecule has 13 heavy (non-hydrogen) atoms. The van der Waals surface area contributed by atoms with Crippen molar-refractivity contribution in [2.75, 3.05) is 19.8 Å². The van der Waals surface area contributed by atoms with Gasteiger partial charge in [0.05, 0.1) is 0 Å². The molecule has 1 N–H and O–H groups in total. The molecule has 1 aliphatic heterocycles. The number of aliphatic hydroxyl groups excluding tert-OH is 1. The SMILES string of the molecule is CC(C)(CO)CC1(C)CCOCC1. The van der Waals surface area contributed by atoms with E-state index in [0.717, 1.165) is 32.5 Å². The fourth-order valence-corrected chi connectivity index (χ4v) is 2.25. The second-order valence-electron chi connectivity index (χ2n) is 5.42. The third-order valence-electron chi connectivity index (χ3n) is 3.03. The second-order valence-corrected chi connectivity index (χ2v) is 5.42. The van der Waals surface area contributed by atoms with Gasteiger partial charge in [-0.05, 0) is 30.1 Å². The van der Waals surface area contributed by atoms with Gasteiger partial charge in [-0.25, -0.2) is 0 Å². The van der Waals surface area contributed by atoms with Crippen LogP contribution >= 0.6 is 0 Å². The Labute approximate surface area is 81.3 Å². The second kappa shape index (κ2) is 3.97. The Bertz CT molecular complexity index is 157. The third kappa shape index (κ3) is 3.28. The summed E-state index contributed by atoms with van der Waals surface area (Å²) in [4.78, 5) is 0. The number of hydrogen-bond donors (Lipinski definition) is 1. The van der Waals surface area contributed by atoms with Crippen LogP contribution in [0.1, 0.15) is 40.0 Å². The number of rotatable bonds is 3. The van der Waals surface area contributed by atoms with Crippen LogP contribution in [0.15, 0.2) is 0 Å². The molecule has 78 valence electrons. The number of hydrogen-bond acceptors (Lipinski definition) is 2. The molecule has 0 unspecified atom stereocenters. The molecule has 0 aromatic rings. The van der Waals surface area contributed by atoms with Crippen molar-refractivity contribution in [3.63, 3.8) is 0 Å². The molecule has 1 saturated heterocycles. The first kappa shape index (κ1) is 11.0. The summed E-state index contributed by atoms with van der Waals surface area (Å²) in [6.07, 6.45) is 3.37. The zero-order valence-electron chi connectivity index (χ0n) is 9.10. The predicted molar refractivity (Wildman–Crippen MR) is 53.6 cm³/mol. The topological polar surface area (TPSA) is 29.5 Å². The predicted octanol–water partition coefficient (Wildman–Crippen LogP) is 2.21. The molecule has 0 radical (unpaired) electrons. The van der Waals surface area contributed by atoms with Crippen molar-refractivity contribution in [2.45, 2.75) is 40.0 Å². The highest BCUT2D eigenvalue weighted by Crippen LogP contribution is 2.40. The van der Waals surface area contributed by atoms with E-state index < -0.39 is 0 Å². The lowest BCUT2D eigenvalue weighted by Crippen LogP contribution is -2.33. The van der Waals surface area contributed by atoms with E-state index in [0.29, 0.717) is 5.41 Å². The molecule has 0 spiro atoms. The van der Waals surface area contributed by atoms with Crippen molar-refractivity contribution < 1.29 is 9.84 Å². The molecule has 0 amide bonds. The zero-order valence-corrected chi connectivity index (χ0v) is 9.10. The first-order valence-corrected chi connectivity index (χ1v) is 5.16. The zero-order chi connectivity index (χ0) is 9.95. The summed E-state index contributed by atoms with van der Waals surface area (Å²) in [5.41, 5.74) is 0.441. The first-order chi connectivity index (χ1) is 5.97. The fraction of sp³-hybridized carbons (Fsp3) is 1.00. The molecule has 0 bridgehead atoms. The normalized spacial score (nSPS) is 23.1. The highest BCUT2D eigenvalue weighted by molar-refractivity contribution is 4.83. The Morgan fingerprint density at radius 3 is 2.31 bits per heavy atom. The highest BCUT2D eigenvalue weighted by atomic mass is 16.5. The van der Waals surface area contributed by atoms with Crippen LogP contribution in [0.5, 0.6) is 0 Å². The van der Waals surface area contributed by atoms with Gasteiger partial charge < -0.3 is 9.84 Å². The Morgan fingerprint density at radius 2 is 1.85 bits per heavy atom. The van der Waals surface area contributed by atoms with E-state index in [1.165, 1.54) is 0 Å². The summed E-state index contributed by atoms with van der Waals surface area (Å²) < 4.78 is 5.35. The summed E-state index contributed by atoms with van der Waals surface area (Å²) in [5.74, 6) is 0. The maximum Gasteiger partial charge on any atom is 0.0482 e. The van der Waals surface area contributed by atoms with Gasteiger partial charge in [0.1, 0.15) is 0 Å². The van der Waals surface area contributed by atoms with Crippen LogP contribution in [0.4, 0.5) is 0 Å². The van der Waals surface area contributed by atoms with Crippen molar-refractivity contribution in [3.05, 3.63) is 0 Å². The third-order valence-corrected chi connectivity index (χ3v) is 3.03. The summed E-state index contributed by atoms with van der Waals surface area (Å²) in [5, 5.41) is 9.21. The van der Waals surface area contributed by atoms with Gasteiger partial charge in [-0.2, -0.15) is 0 Å². The van der Waals surface area contributed by atoms with E-state index in [1.54, 1.807) is 0 Å². The monoisotopic (exact) mass is 186 g/mol. The van der Waals surface area contributed by atoms with Gasteiger partial charge in [0.25, 0.3) is 0 Å². The molecule has 0 aromatic carbocycles.